The van der Waals surface area contributed by atoms with Crippen LogP contribution < -0.4 is 48.3 Å². The molecule has 3 unspecified atom stereocenters. The highest BCUT2D eigenvalue weighted by atomic mass is 19.3. The largest absolute Gasteiger partial charge is 0.385 e. The topological polar surface area (TPSA) is 244 Å². The van der Waals surface area contributed by atoms with Gasteiger partial charge in [-0.3, -0.25) is 24.5 Å². The number of amides is 6. The number of nitrogens with zero attached hydrogens (tertiary/aromatic N) is 1. The number of urea groups is 1. The molecule has 2 saturated heterocycles. The number of nitrogens with one attached hydrogen (secondary N) is 9. The van der Waals surface area contributed by atoms with E-state index in [0.29, 0.717) is 50.3 Å². The van der Waals surface area contributed by atoms with E-state index in [1.165, 1.54) is 12.3 Å². The van der Waals surface area contributed by atoms with Crippen LogP contribution in [-0.4, -0.2) is 131 Å². The van der Waals surface area contributed by atoms with Crippen LogP contribution in [0.4, 0.5) is 13.6 Å². The molecule has 6 amide bonds. The van der Waals surface area contributed by atoms with Crippen molar-refractivity contribution in [3.8, 4) is 0 Å². The first-order chi connectivity index (χ1) is 28.1. The average Bonchev–Trinajstić information content (AvgIpc) is 3.20. The van der Waals surface area contributed by atoms with Gasteiger partial charge in [0.25, 0.3) is 6.43 Å². The molecule has 0 bridgehead atoms. The summed E-state index contributed by atoms with van der Waals surface area (Å²) in [5, 5.41) is 31.1. The summed E-state index contributed by atoms with van der Waals surface area (Å²) in [6, 6.07) is -1.93. The van der Waals surface area contributed by atoms with Gasteiger partial charge in [-0.15, -0.1) is 0 Å². The van der Waals surface area contributed by atoms with Crippen molar-refractivity contribution in [1.29, 1.82) is 5.41 Å². The molecule has 3 aliphatic heterocycles. The van der Waals surface area contributed by atoms with Gasteiger partial charge in [-0.1, -0.05) is 20.4 Å². The zero-order chi connectivity index (χ0) is 43.2. The van der Waals surface area contributed by atoms with Crippen molar-refractivity contribution in [2.24, 2.45) is 17.6 Å². The summed E-state index contributed by atoms with van der Waals surface area (Å²) in [6.07, 6.45) is 1.84. The SMILES string of the molecule is C=C(/C=C(/C(F)F)C(NCC(=O)NCCN[C@H]1CC(C(=O)NC2CCC(=O)NC2=O)=C1C)[C@H](CC=N)C(C)C)NC(N)C1=C(NC2CCOCC2)CCN(C(=O)NC)C1. The van der Waals surface area contributed by atoms with Gasteiger partial charge in [-0.2, -0.15) is 0 Å². The molecule has 0 saturated carbocycles. The Balaban J connectivity index is 1.36. The van der Waals surface area contributed by atoms with Crippen molar-refractivity contribution in [1.82, 2.24) is 47.4 Å². The normalized spacial score (nSPS) is 22.0. The second-order valence-electron chi connectivity index (χ2n) is 15.8. The van der Waals surface area contributed by atoms with Crippen molar-refractivity contribution >= 4 is 35.9 Å². The number of hydrogen-bond donors (Lipinski definition) is 10. The second-order valence-corrected chi connectivity index (χ2v) is 15.8. The van der Waals surface area contributed by atoms with E-state index in [0.717, 1.165) is 24.1 Å². The van der Waals surface area contributed by atoms with Crippen LogP contribution in [0, 0.1) is 17.2 Å². The van der Waals surface area contributed by atoms with Crippen LogP contribution in [0.5, 0.6) is 0 Å². The minimum Gasteiger partial charge on any atom is -0.385 e. The summed E-state index contributed by atoms with van der Waals surface area (Å²) in [5.74, 6) is -2.24. The molecule has 19 heteroatoms. The number of ether oxygens (including phenoxy) is 1. The molecule has 11 N–H and O–H groups in total. The highest BCUT2D eigenvalue weighted by Gasteiger charge is 2.35. The van der Waals surface area contributed by atoms with E-state index >= 15 is 0 Å². The van der Waals surface area contributed by atoms with Gasteiger partial charge >= 0.3 is 6.03 Å². The lowest BCUT2D eigenvalue weighted by Gasteiger charge is -2.36. The summed E-state index contributed by atoms with van der Waals surface area (Å²) < 4.78 is 35.5. The van der Waals surface area contributed by atoms with E-state index in [9.17, 15) is 32.8 Å². The molecule has 2 fully saturated rings. The van der Waals surface area contributed by atoms with Crippen molar-refractivity contribution < 1.29 is 37.5 Å². The number of imide groups is 1. The number of hydrogen-bond acceptors (Lipinski definition) is 12. The fraction of sp³-hybridized carbons (Fsp3) is 0.650. The monoisotopic (exact) mass is 831 g/mol. The molecule has 3 heterocycles. The Morgan fingerprint density at radius 2 is 1.83 bits per heavy atom. The number of rotatable bonds is 21. The number of piperidine rings is 1. The third-order valence-corrected chi connectivity index (χ3v) is 11.4. The molecular weight excluding hydrogens is 769 g/mol. The number of carbonyl (C=O) groups is 5. The van der Waals surface area contributed by atoms with Crippen LogP contribution in [0.3, 0.4) is 0 Å². The predicted molar refractivity (Wildman–Crippen MR) is 219 cm³/mol. The number of nitrogens with two attached hydrogens (primary N) is 1. The summed E-state index contributed by atoms with van der Waals surface area (Å²) in [4.78, 5) is 63.3. The summed E-state index contributed by atoms with van der Waals surface area (Å²) >= 11 is 0. The molecule has 4 aliphatic rings. The van der Waals surface area contributed by atoms with Gasteiger partial charge in [0.05, 0.1) is 6.54 Å². The predicted octanol–water partition coefficient (Wildman–Crippen LogP) is 0.620. The molecule has 5 atom stereocenters. The maximum absolute atomic E-state index is 15.0. The molecule has 1 aliphatic carbocycles. The lowest BCUT2D eigenvalue weighted by atomic mass is 9.81. The van der Waals surface area contributed by atoms with E-state index in [4.69, 9.17) is 15.9 Å². The van der Waals surface area contributed by atoms with E-state index in [1.807, 2.05) is 20.8 Å². The molecule has 4 rings (SSSR count). The third kappa shape index (κ3) is 13.4. The van der Waals surface area contributed by atoms with E-state index in [-0.39, 0.29) is 86.0 Å². The molecule has 59 heavy (non-hydrogen) atoms. The number of allylic oxidation sites excluding steroid dienone is 1. The smallest absolute Gasteiger partial charge is 0.317 e. The van der Waals surface area contributed by atoms with E-state index in [1.54, 1.807) is 11.9 Å². The van der Waals surface area contributed by atoms with Gasteiger partial charge in [0.1, 0.15) is 12.2 Å². The molecule has 0 radical (unpaired) electrons. The van der Waals surface area contributed by atoms with Crippen molar-refractivity contribution in [3.05, 3.63) is 46.3 Å². The molecule has 0 aromatic rings. The van der Waals surface area contributed by atoms with Gasteiger partial charge in [-0.25, -0.2) is 13.6 Å². The van der Waals surface area contributed by atoms with Crippen LogP contribution >= 0.6 is 0 Å². The number of halogens is 2. The molecule has 17 nitrogen and oxygen atoms in total. The first kappa shape index (κ1) is 47.0. The fourth-order valence-corrected chi connectivity index (χ4v) is 7.81. The first-order valence-electron chi connectivity index (χ1n) is 20.4. The maximum atomic E-state index is 15.0. The minimum absolute atomic E-state index is 0.0996. The van der Waals surface area contributed by atoms with Crippen LogP contribution in [0.25, 0.3) is 0 Å². The van der Waals surface area contributed by atoms with Gasteiger partial charge in [0, 0.05) is 106 Å². The van der Waals surface area contributed by atoms with Gasteiger partial charge in [0.2, 0.25) is 23.6 Å². The average molecular weight is 832 g/mol. The Bertz CT molecular complexity index is 1660. The van der Waals surface area contributed by atoms with Crippen molar-refractivity contribution in [2.45, 2.75) is 102 Å². The molecule has 0 aromatic heterocycles. The van der Waals surface area contributed by atoms with Gasteiger partial charge in [0.15, 0.2) is 0 Å². The lowest BCUT2D eigenvalue weighted by molar-refractivity contribution is -0.136. The summed E-state index contributed by atoms with van der Waals surface area (Å²) in [5.41, 5.74) is 9.47. The highest BCUT2D eigenvalue weighted by molar-refractivity contribution is 6.04. The minimum atomic E-state index is -2.93. The molecule has 0 aromatic carbocycles. The van der Waals surface area contributed by atoms with Gasteiger partial charge in [-0.05, 0) is 68.7 Å². The zero-order valence-corrected chi connectivity index (χ0v) is 34.6. The van der Waals surface area contributed by atoms with Crippen LogP contribution in [0.15, 0.2) is 46.3 Å². The molecule has 328 valence electrons. The van der Waals surface area contributed by atoms with Gasteiger partial charge < -0.3 is 58.0 Å². The summed E-state index contributed by atoms with van der Waals surface area (Å²) in [7, 11) is 1.55. The van der Waals surface area contributed by atoms with E-state index in [2.05, 4.69) is 49.1 Å². The van der Waals surface area contributed by atoms with Crippen molar-refractivity contribution in [2.75, 3.05) is 53.0 Å². The van der Waals surface area contributed by atoms with E-state index < -0.39 is 42.4 Å². The second kappa shape index (κ2) is 22.6. The standard InChI is InChI=1S/C40H63F2N11O6/c1-22(2)26(8-12-43)35(48-20-34(55)47-14-13-46-32-19-27(24(32)4)38(56)51-31-6-7-33(54)52-39(31)57)28(36(41)42)18-23(3)49-37(44)29-21-53(40(58)45-5)15-9-30(29)50-25-10-16-59-17-11-25/h12,18,22,25-26,31-32,35-37,43,46,48-50H,3,6-11,13-17,19-21,44H2,1-2,4-5H3,(H,45,58)(H,47,55)(H,51,56)(H,52,54,57)/b28-18+,43-12?/t26-,31?,32+,35?,37?/m1/s1. The molecular formula is C40H63F2N11O6. The van der Waals surface area contributed by atoms with Crippen LogP contribution in [0.2, 0.25) is 0 Å². The maximum Gasteiger partial charge on any atom is 0.317 e. The zero-order valence-electron chi connectivity index (χ0n) is 34.6. The fourth-order valence-electron chi connectivity index (χ4n) is 7.81. The Morgan fingerprint density at radius 1 is 1.10 bits per heavy atom. The highest BCUT2D eigenvalue weighted by Crippen LogP contribution is 2.30. The Labute approximate surface area is 345 Å². The van der Waals surface area contributed by atoms with Crippen molar-refractivity contribution in [3.63, 3.8) is 0 Å². The Hall–Kier alpha value is -4.72. The quantitative estimate of drug-likeness (QED) is 0.0253. The lowest BCUT2D eigenvalue weighted by Crippen LogP contribution is -2.54. The van der Waals surface area contributed by atoms with Crippen LogP contribution in [0.1, 0.15) is 65.7 Å². The Morgan fingerprint density at radius 3 is 2.46 bits per heavy atom. The number of carbonyl (C=O) groups excluding carboxylic acids is 5. The first-order valence-corrected chi connectivity index (χ1v) is 20.4. The third-order valence-electron chi connectivity index (χ3n) is 11.4. The van der Waals surface area contributed by atoms with Crippen LogP contribution in [-0.2, 0) is 23.9 Å². The summed E-state index contributed by atoms with van der Waals surface area (Å²) in [6.45, 7) is 11.9. The number of alkyl halides is 2. The Kier molecular flexibility index (Phi) is 18.0. The molecule has 0 spiro atoms.